The molecule has 5 heteroatoms. The van der Waals surface area contributed by atoms with Crippen LogP contribution in [0.4, 0.5) is 5.95 Å². The fourth-order valence-corrected chi connectivity index (χ4v) is 4.30. The van der Waals surface area contributed by atoms with Gasteiger partial charge in [-0.15, -0.1) is 0 Å². The molecule has 29 heavy (non-hydrogen) atoms. The number of fused-ring (bicyclic) bond motifs is 2. The average molecular weight is 384 g/mol. The fraction of sp³-hybridized carbons (Fsp3) is 0.292. The molecule has 0 unspecified atom stereocenters. The first-order chi connectivity index (χ1) is 14.2. The van der Waals surface area contributed by atoms with Crippen molar-refractivity contribution in [1.29, 1.82) is 0 Å². The van der Waals surface area contributed by atoms with Crippen molar-refractivity contribution in [3.63, 3.8) is 0 Å². The van der Waals surface area contributed by atoms with Crippen molar-refractivity contribution in [2.75, 3.05) is 18.0 Å². The number of carbonyl (C=O) groups is 1. The maximum absolute atomic E-state index is 13.2. The van der Waals surface area contributed by atoms with Gasteiger partial charge in [-0.3, -0.25) is 4.79 Å². The lowest BCUT2D eigenvalue weighted by atomic mass is 9.99. The molecule has 3 heterocycles. The van der Waals surface area contributed by atoms with Crippen LogP contribution in [0.1, 0.15) is 38.4 Å². The first kappa shape index (κ1) is 17.9. The van der Waals surface area contributed by atoms with E-state index >= 15 is 0 Å². The van der Waals surface area contributed by atoms with Crippen molar-refractivity contribution < 1.29 is 4.79 Å². The van der Waals surface area contributed by atoms with E-state index in [-0.39, 0.29) is 5.91 Å². The Hall–Kier alpha value is -3.21. The molecule has 0 saturated carbocycles. The van der Waals surface area contributed by atoms with Gasteiger partial charge in [0.05, 0.1) is 0 Å². The number of carbonyl (C=O) groups excluding carboxylic acids is 1. The fourth-order valence-electron chi connectivity index (χ4n) is 4.30. The smallest absolute Gasteiger partial charge is 0.272 e. The van der Waals surface area contributed by atoms with E-state index in [4.69, 9.17) is 0 Å². The molecule has 0 fully saturated rings. The highest BCUT2D eigenvalue weighted by molar-refractivity contribution is 5.92. The number of aryl methyl sites for hydroxylation is 1. The van der Waals surface area contributed by atoms with Crippen LogP contribution < -0.4 is 4.90 Å². The molecule has 2 aliphatic rings. The maximum atomic E-state index is 13.2. The van der Waals surface area contributed by atoms with E-state index in [0.717, 1.165) is 38.2 Å². The Morgan fingerprint density at radius 3 is 2.17 bits per heavy atom. The molecule has 0 aliphatic carbocycles. The van der Waals surface area contributed by atoms with Crippen molar-refractivity contribution >= 4 is 11.9 Å². The van der Waals surface area contributed by atoms with Gasteiger partial charge in [-0.25, -0.2) is 9.97 Å². The molecule has 5 nitrogen and oxygen atoms in total. The predicted molar refractivity (Wildman–Crippen MR) is 113 cm³/mol. The topological polar surface area (TPSA) is 49.3 Å². The molecule has 146 valence electrons. The van der Waals surface area contributed by atoms with E-state index in [2.05, 4.69) is 57.3 Å². The van der Waals surface area contributed by atoms with Gasteiger partial charge in [0.25, 0.3) is 5.91 Å². The van der Waals surface area contributed by atoms with Gasteiger partial charge in [0.15, 0.2) is 0 Å². The van der Waals surface area contributed by atoms with Gasteiger partial charge < -0.3 is 9.80 Å². The standard InChI is InChI=1S/C24H24N4O/c1-17-14-22(23(29)27-12-10-18-6-2-4-8-20(18)15-27)26-24(25-17)28-13-11-19-7-3-5-9-21(19)16-28/h2-9,14H,10-13,15-16H2,1H3. The van der Waals surface area contributed by atoms with Crippen molar-refractivity contribution in [3.05, 3.63) is 88.2 Å². The third kappa shape index (κ3) is 3.48. The van der Waals surface area contributed by atoms with E-state index in [9.17, 15) is 4.79 Å². The number of hydrogen-bond donors (Lipinski definition) is 0. The summed E-state index contributed by atoms with van der Waals surface area (Å²) in [6.45, 7) is 4.96. The molecule has 2 aromatic carbocycles. The molecule has 5 rings (SSSR count). The van der Waals surface area contributed by atoms with Crippen LogP contribution >= 0.6 is 0 Å². The first-order valence-corrected chi connectivity index (χ1v) is 10.2. The second-order valence-corrected chi connectivity index (χ2v) is 7.88. The molecule has 0 atom stereocenters. The summed E-state index contributed by atoms with van der Waals surface area (Å²) in [7, 11) is 0. The lowest BCUT2D eigenvalue weighted by Gasteiger charge is -2.30. The van der Waals surface area contributed by atoms with E-state index in [1.54, 1.807) is 0 Å². The Morgan fingerprint density at radius 1 is 0.828 bits per heavy atom. The lowest BCUT2D eigenvalue weighted by molar-refractivity contribution is 0.0728. The summed E-state index contributed by atoms with van der Waals surface area (Å²) in [6, 6.07) is 18.7. The lowest BCUT2D eigenvalue weighted by Crippen LogP contribution is -2.37. The third-order valence-electron chi connectivity index (χ3n) is 5.89. The van der Waals surface area contributed by atoms with Crippen LogP contribution in [-0.2, 0) is 25.9 Å². The van der Waals surface area contributed by atoms with Crippen molar-refractivity contribution in [2.45, 2.75) is 32.9 Å². The molecule has 0 bridgehead atoms. The van der Waals surface area contributed by atoms with E-state index < -0.39 is 0 Å². The molecule has 1 aromatic heterocycles. The highest BCUT2D eigenvalue weighted by Gasteiger charge is 2.25. The van der Waals surface area contributed by atoms with Crippen LogP contribution in [0.2, 0.25) is 0 Å². The van der Waals surface area contributed by atoms with Crippen LogP contribution in [0.15, 0.2) is 54.6 Å². The Morgan fingerprint density at radius 2 is 1.45 bits per heavy atom. The van der Waals surface area contributed by atoms with Gasteiger partial charge in [-0.05, 0) is 48.1 Å². The minimum atomic E-state index is -0.0105. The summed E-state index contributed by atoms with van der Waals surface area (Å²) in [5.74, 6) is 0.643. The summed E-state index contributed by atoms with van der Waals surface area (Å²) in [5, 5.41) is 0. The Labute approximate surface area is 171 Å². The number of rotatable bonds is 2. The zero-order chi connectivity index (χ0) is 19.8. The molecule has 1 amide bonds. The minimum absolute atomic E-state index is 0.0105. The van der Waals surface area contributed by atoms with Crippen molar-refractivity contribution in [3.8, 4) is 0 Å². The summed E-state index contributed by atoms with van der Waals surface area (Å²) in [6.07, 6.45) is 1.86. The zero-order valence-corrected chi connectivity index (χ0v) is 16.6. The monoisotopic (exact) mass is 384 g/mol. The maximum Gasteiger partial charge on any atom is 0.272 e. The highest BCUT2D eigenvalue weighted by Crippen LogP contribution is 2.24. The average Bonchev–Trinajstić information content (AvgIpc) is 2.77. The Balaban J connectivity index is 1.39. The molecular formula is C24H24N4O. The molecule has 0 saturated heterocycles. The van der Waals surface area contributed by atoms with Crippen molar-refractivity contribution in [1.82, 2.24) is 14.9 Å². The SMILES string of the molecule is Cc1cc(C(=O)N2CCc3ccccc3C2)nc(N2CCc3ccccc3C2)n1. The largest absolute Gasteiger partial charge is 0.336 e. The van der Waals surface area contributed by atoms with E-state index in [1.807, 2.05) is 24.0 Å². The van der Waals surface area contributed by atoms with E-state index in [1.165, 1.54) is 22.3 Å². The van der Waals surface area contributed by atoms with Gasteiger partial charge in [0.2, 0.25) is 5.95 Å². The van der Waals surface area contributed by atoms with Gasteiger partial charge in [-0.1, -0.05) is 48.5 Å². The summed E-state index contributed by atoms with van der Waals surface area (Å²) < 4.78 is 0. The molecule has 0 radical (unpaired) electrons. The van der Waals surface area contributed by atoms with Crippen LogP contribution in [0.3, 0.4) is 0 Å². The molecule has 3 aromatic rings. The van der Waals surface area contributed by atoms with E-state index in [0.29, 0.717) is 18.2 Å². The molecule has 2 aliphatic heterocycles. The van der Waals surface area contributed by atoms with Gasteiger partial charge in [-0.2, -0.15) is 0 Å². The van der Waals surface area contributed by atoms with Crippen LogP contribution in [0, 0.1) is 6.92 Å². The molecule has 0 N–H and O–H groups in total. The second kappa shape index (κ2) is 7.32. The summed E-state index contributed by atoms with van der Waals surface area (Å²) in [5.41, 5.74) is 6.58. The number of aromatic nitrogens is 2. The van der Waals surface area contributed by atoms with Gasteiger partial charge in [0, 0.05) is 31.9 Å². The van der Waals surface area contributed by atoms with Crippen LogP contribution in [0.25, 0.3) is 0 Å². The van der Waals surface area contributed by atoms with Crippen LogP contribution in [0.5, 0.6) is 0 Å². The summed E-state index contributed by atoms with van der Waals surface area (Å²) in [4.78, 5) is 26.6. The minimum Gasteiger partial charge on any atom is -0.336 e. The number of amides is 1. The number of hydrogen-bond acceptors (Lipinski definition) is 4. The number of nitrogens with zero attached hydrogens (tertiary/aromatic N) is 4. The Bertz CT molecular complexity index is 1080. The van der Waals surface area contributed by atoms with Crippen molar-refractivity contribution in [2.24, 2.45) is 0 Å². The predicted octanol–water partition coefficient (Wildman–Crippen LogP) is 3.55. The second-order valence-electron chi connectivity index (χ2n) is 7.88. The van der Waals surface area contributed by atoms with Crippen LogP contribution in [-0.4, -0.2) is 33.9 Å². The normalized spacial score (nSPS) is 15.6. The third-order valence-corrected chi connectivity index (χ3v) is 5.89. The van der Waals surface area contributed by atoms with Gasteiger partial charge in [0.1, 0.15) is 5.69 Å². The van der Waals surface area contributed by atoms with Gasteiger partial charge >= 0.3 is 0 Å². The number of benzene rings is 2. The molecular weight excluding hydrogens is 360 g/mol. The first-order valence-electron chi connectivity index (χ1n) is 10.2. The highest BCUT2D eigenvalue weighted by atomic mass is 16.2. The zero-order valence-electron chi connectivity index (χ0n) is 16.6. The quantitative estimate of drug-likeness (QED) is 0.678. The Kier molecular flexibility index (Phi) is 4.51. The number of anilines is 1. The molecule has 0 spiro atoms. The summed E-state index contributed by atoms with van der Waals surface area (Å²) >= 11 is 0.